The van der Waals surface area contributed by atoms with Gasteiger partial charge in [-0.3, -0.25) is 0 Å². The third-order valence-corrected chi connectivity index (χ3v) is 1.37. The van der Waals surface area contributed by atoms with Gasteiger partial charge >= 0.3 is 0 Å². The summed E-state index contributed by atoms with van der Waals surface area (Å²) in [5, 5.41) is 2.80. The van der Waals surface area contributed by atoms with Crippen molar-refractivity contribution in [2.45, 2.75) is 19.9 Å². The molecule has 0 aromatic heterocycles. The van der Waals surface area contributed by atoms with E-state index in [-0.39, 0.29) is 11.7 Å². The molecule has 1 aromatic rings. The molecule has 0 aliphatic rings. The summed E-state index contributed by atoms with van der Waals surface area (Å²) in [7, 11) is 0. The Bertz CT molecular complexity index is 271. The van der Waals surface area contributed by atoms with E-state index in [0.717, 1.165) is 18.2 Å². The summed E-state index contributed by atoms with van der Waals surface area (Å²) in [5.74, 6) is -0.857. The molecule has 0 bridgehead atoms. The standard InChI is InChI=1S/C9H11F2N/c1-6(2)12-9-5-7(10)3-4-8(9)11/h3-6,12H,1-2H3. The average molecular weight is 171 g/mol. The largest absolute Gasteiger partial charge is 0.380 e. The fourth-order valence-corrected chi connectivity index (χ4v) is 0.919. The smallest absolute Gasteiger partial charge is 0.146 e. The molecule has 66 valence electrons. The lowest BCUT2D eigenvalue weighted by Crippen LogP contribution is -2.11. The highest BCUT2D eigenvalue weighted by Gasteiger charge is 2.03. The van der Waals surface area contributed by atoms with Gasteiger partial charge in [0.15, 0.2) is 0 Å². The van der Waals surface area contributed by atoms with E-state index < -0.39 is 11.6 Å². The maximum atomic E-state index is 12.9. The first kappa shape index (κ1) is 8.97. The molecule has 1 rings (SSSR count). The van der Waals surface area contributed by atoms with Crippen molar-refractivity contribution in [3.63, 3.8) is 0 Å². The van der Waals surface area contributed by atoms with E-state index in [4.69, 9.17) is 0 Å². The maximum Gasteiger partial charge on any atom is 0.146 e. The van der Waals surface area contributed by atoms with Crippen molar-refractivity contribution in [3.05, 3.63) is 29.8 Å². The molecule has 0 amide bonds. The molecular weight excluding hydrogens is 160 g/mol. The number of benzene rings is 1. The molecular formula is C9H11F2N. The fraction of sp³-hybridized carbons (Fsp3) is 0.333. The van der Waals surface area contributed by atoms with Gasteiger partial charge in [0.2, 0.25) is 0 Å². The molecule has 0 aliphatic carbocycles. The molecule has 0 radical (unpaired) electrons. The van der Waals surface area contributed by atoms with Crippen LogP contribution in [0, 0.1) is 11.6 Å². The van der Waals surface area contributed by atoms with Gasteiger partial charge in [-0.25, -0.2) is 8.78 Å². The van der Waals surface area contributed by atoms with Crippen molar-refractivity contribution in [2.75, 3.05) is 5.32 Å². The van der Waals surface area contributed by atoms with Crippen LogP contribution in [0.3, 0.4) is 0 Å². The minimum absolute atomic E-state index is 0.0984. The van der Waals surface area contributed by atoms with Crippen LogP contribution in [0.1, 0.15) is 13.8 Å². The Labute approximate surface area is 70.4 Å². The fourth-order valence-electron chi connectivity index (χ4n) is 0.919. The van der Waals surface area contributed by atoms with Crippen LogP contribution < -0.4 is 5.32 Å². The zero-order valence-electron chi connectivity index (χ0n) is 7.07. The number of hydrogen-bond donors (Lipinski definition) is 1. The summed E-state index contributed by atoms with van der Waals surface area (Å²) in [4.78, 5) is 0. The van der Waals surface area contributed by atoms with Crippen molar-refractivity contribution < 1.29 is 8.78 Å². The summed E-state index contributed by atoms with van der Waals surface area (Å²) < 4.78 is 25.5. The monoisotopic (exact) mass is 171 g/mol. The first-order valence-electron chi connectivity index (χ1n) is 3.81. The molecule has 0 spiro atoms. The number of hydrogen-bond acceptors (Lipinski definition) is 1. The number of anilines is 1. The molecule has 1 nitrogen and oxygen atoms in total. The zero-order valence-corrected chi connectivity index (χ0v) is 7.07. The lowest BCUT2D eigenvalue weighted by Gasteiger charge is -2.10. The lowest BCUT2D eigenvalue weighted by atomic mass is 10.2. The van der Waals surface area contributed by atoms with Crippen molar-refractivity contribution >= 4 is 5.69 Å². The average Bonchev–Trinajstić information content (AvgIpc) is 1.96. The molecule has 1 N–H and O–H groups in total. The Morgan fingerprint density at radius 1 is 1.25 bits per heavy atom. The molecule has 3 heteroatoms. The van der Waals surface area contributed by atoms with Crippen molar-refractivity contribution in [3.8, 4) is 0 Å². The second-order valence-corrected chi connectivity index (χ2v) is 2.92. The van der Waals surface area contributed by atoms with Crippen LogP contribution in [0.5, 0.6) is 0 Å². The number of nitrogens with one attached hydrogen (secondary N) is 1. The summed E-state index contributed by atoms with van der Waals surface area (Å²) in [6.45, 7) is 3.73. The third-order valence-electron chi connectivity index (χ3n) is 1.37. The lowest BCUT2D eigenvalue weighted by molar-refractivity contribution is 0.601. The van der Waals surface area contributed by atoms with E-state index >= 15 is 0 Å². The Morgan fingerprint density at radius 2 is 1.92 bits per heavy atom. The molecule has 12 heavy (non-hydrogen) atoms. The molecule has 0 saturated carbocycles. The highest BCUT2D eigenvalue weighted by molar-refractivity contribution is 5.45. The van der Waals surface area contributed by atoms with Crippen LogP contribution in [0.2, 0.25) is 0 Å². The molecule has 0 saturated heterocycles. The predicted molar refractivity (Wildman–Crippen MR) is 45.1 cm³/mol. The Balaban J connectivity index is 2.90. The molecule has 0 atom stereocenters. The Morgan fingerprint density at radius 3 is 2.50 bits per heavy atom. The number of rotatable bonds is 2. The van der Waals surface area contributed by atoms with Gasteiger partial charge in [0.1, 0.15) is 11.6 Å². The van der Waals surface area contributed by atoms with Gasteiger partial charge in [-0.15, -0.1) is 0 Å². The van der Waals surface area contributed by atoms with E-state index in [1.54, 1.807) is 0 Å². The van der Waals surface area contributed by atoms with Crippen LogP contribution in [0.4, 0.5) is 14.5 Å². The van der Waals surface area contributed by atoms with Gasteiger partial charge < -0.3 is 5.32 Å². The molecule has 1 aromatic carbocycles. The van der Waals surface area contributed by atoms with Crippen LogP contribution in [0.25, 0.3) is 0 Å². The van der Waals surface area contributed by atoms with E-state index in [1.165, 1.54) is 0 Å². The second-order valence-electron chi connectivity index (χ2n) is 2.92. The first-order chi connectivity index (χ1) is 5.59. The maximum absolute atomic E-state index is 12.9. The highest BCUT2D eigenvalue weighted by Crippen LogP contribution is 2.15. The second kappa shape index (κ2) is 3.52. The molecule has 0 unspecified atom stereocenters. The predicted octanol–water partition coefficient (Wildman–Crippen LogP) is 2.79. The van der Waals surface area contributed by atoms with Gasteiger partial charge in [0, 0.05) is 6.04 Å². The van der Waals surface area contributed by atoms with E-state index in [0.29, 0.717) is 0 Å². The zero-order chi connectivity index (χ0) is 9.14. The van der Waals surface area contributed by atoms with Crippen LogP contribution in [-0.4, -0.2) is 6.04 Å². The topological polar surface area (TPSA) is 12.0 Å². The van der Waals surface area contributed by atoms with Gasteiger partial charge in [-0.1, -0.05) is 0 Å². The van der Waals surface area contributed by atoms with Gasteiger partial charge in [-0.05, 0) is 32.0 Å². The van der Waals surface area contributed by atoms with Crippen LogP contribution in [-0.2, 0) is 0 Å². The van der Waals surface area contributed by atoms with Gasteiger partial charge in [0.05, 0.1) is 5.69 Å². The summed E-state index contributed by atoms with van der Waals surface area (Å²) in [6, 6.07) is 3.46. The summed E-state index contributed by atoms with van der Waals surface area (Å²) in [6.07, 6.45) is 0. The third kappa shape index (κ3) is 2.19. The SMILES string of the molecule is CC(C)Nc1cc(F)ccc1F. The number of halogens is 2. The minimum Gasteiger partial charge on any atom is -0.380 e. The first-order valence-corrected chi connectivity index (χ1v) is 3.81. The Kier molecular flexibility index (Phi) is 2.63. The van der Waals surface area contributed by atoms with E-state index in [1.807, 2.05) is 13.8 Å². The van der Waals surface area contributed by atoms with E-state index in [9.17, 15) is 8.78 Å². The minimum atomic E-state index is -0.431. The van der Waals surface area contributed by atoms with Crippen molar-refractivity contribution in [2.24, 2.45) is 0 Å². The van der Waals surface area contributed by atoms with Gasteiger partial charge in [-0.2, -0.15) is 0 Å². The normalized spacial score (nSPS) is 10.4. The molecule has 0 aliphatic heterocycles. The highest BCUT2D eigenvalue weighted by atomic mass is 19.1. The summed E-state index contributed by atoms with van der Waals surface area (Å²) >= 11 is 0. The summed E-state index contributed by atoms with van der Waals surface area (Å²) in [5.41, 5.74) is 0.213. The van der Waals surface area contributed by atoms with Crippen LogP contribution in [0.15, 0.2) is 18.2 Å². The van der Waals surface area contributed by atoms with E-state index in [2.05, 4.69) is 5.32 Å². The van der Waals surface area contributed by atoms with Crippen LogP contribution >= 0.6 is 0 Å². The molecule has 0 fully saturated rings. The van der Waals surface area contributed by atoms with Gasteiger partial charge in [0.25, 0.3) is 0 Å². The molecule has 0 heterocycles. The Hall–Kier alpha value is -1.12. The van der Waals surface area contributed by atoms with Crippen molar-refractivity contribution in [1.82, 2.24) is 0 Å². The van der Waals surface area contributed by atoms with Crippen molar-refractivity contribution in [1.29, 1.82) is 0 Å². The quantitative estimate of drug-likeness (QED) is 0.721.